The molecule has 0 radical (unpaired) electrons. The van der Waals surface area contributed by atoms with Gasteiger partial charge in [0.1, 0.15) is 0 Å². The molecule has 0 aliphatic carbocycles. The maximum atomic E-state index is 7.00. The second-order valence-corrected chi connectivity index (χ2v) is 4.18. The first-order chi connectivity index (χ1) is 7.14. The molecule has 0 saturated carbocycles. The Bertz CT molecular complexity index is 61.3. The molecule has 0 rings (SSSR count). The number of hydrogen-bond donors (Lipinski definition) is 1. The van der Waals surface area contributed by atoms with Crippen molar-refractivity contribution in [2.75, 3.05) is 36.0 Å². The summed E-state index contributed by atoms with van der Waals surface area (Å²) < 4.78 is 0. The second kappa shape index (κ2) is 36.0. The predicted octanol–water partition coefficient (Wildman–Crippen LogP) is 4.57. The van der Waals surface area contributed by atoms with Crippen molar-refractivity contribution in [1.82, 2.24) is 0 Å². The van der Waals surface area contributed by atoms with E-state index in [2.05, 4.69) is 0 Å². The third-order valence-corrected chi connectivity index (χ3v) is 2.35. The molecule has 0 fully saturated rings. The summed E-state index contributed by atoms with van der Waals surface area (Å²) in [6.07, 6.45) is 0. The number of aliphatic hydroxyl groups is 1. The van der Waals surface area contributed by atoms with E-state index in [1.807, 2.05) is 0 Å². The molecule has 8 heteroatoms. The summed E-state index contributed by atoms with van der Waals surface area (Å²) in [6, 6.07) is 0. The monoisotopic (exact) mass is 360 g/mol. The fourth-order valence-corrected chi connectivity index (χ4v) is 0.371. The van der Waals surface area contributed by atoms with Crippen LogP contribution in [0.4, 0.5) is 0 Å². The molecule has 0 amide bonds. The molecule has 0 unspecified atom stereocenters. The Morgan fingerprint density at radius 1 is 0.800 bits per heavy atom. The lowest BCUT2D eigenvalue weighted by Gasteiger charge is -1.92. The van der Waals surface area contributed by atoms with Crippen molar-refractivity contribution in [1.29, 1.82) is 0 Å². The summed E-state index contributed by atoms with van der Waals surface area (Å²) >= 11 is 35.5. The minimum atomic E-state index is -0.0617. The minimum absolute atomic E-state index is 0.0617. The van der Waals surface area contributed by atoms with Crippen LogP contribution < -0.4 is 0 Å². The lowest BCUT2D eigenvalue weighted by molar-refractivity contribution is 0.399. The van der Waals surface area contributed by atoms with Crippen LogP contribution in [-0.2, 0) is 0 Å². The van der Waals surface area contributed by atoms with E-state index in [1.54, 1.807) is 0 Å². The summed E-state index contributed by atoms with van der Waals surface area (Å²) in [4.78, 5) is 0. The van der Waals surface area contributed by atoms with E-state index in [9.17, 15) is 0 Å². The van der Waals surface area contributed by atoms with Crippen LogP contribution in [0.3, 0.4) is 0 Å². The molecule has 15 heavy (non-hydrogen) atoms. The molecule has 0 atom stereocenters. The first-order valence-corrected chi connectivity index (χ1v) is 7.23. The maximum Gasteiger partial charge on any atom is 0.0967 e. The molecule has 0 aromatic carbocycles. The zero-order valence-electron chi connectivity index (χ0n) is 8.21. The molecule has 0 aliphatic rings. The van der Waals surface area contributed by atoms with Gasteiger partial charge in [0, 0.05) is 30.6 Å². The number of alkyl halides is 7. The van der Waals surface area contributed by atoms with E-state index in [0.29, 0.717) is 23.5 Å². The van der Waals surface area contributed by atoms with Crippen molar-refractivity contribution in [3.63, 3.8) is 0 Å². The maximum absolute atomic E-state index is 7.00. The van der Waals surface area contributed by atoms with Crippen molar-refractivity contribution in [2.24, 2.45) is 0 Å². The Hall–Kier alpha value is 1.99. The molecule has 0 saturated heterocycles. The van der Waals surface area contributed by atoms with Gasteiger partial charge in [-0.3, -0.25) is 0 Å². The van der Waals surface area contributed by atoms with Gasteiger partial charge in [-0.2, -0.15) is 0 Å². The lowest BCUT2D eigenvalue weighted by atomic mass is 10.6. The molecule has 0 aromatic rings. The molecule has 1 N–H and O–H groups in total. The number of rotatable bonds is 3. The zero-order chi connectivity index (χ0) is 13.1. The van der Waals surface area contributed by atoms with E-state index in [-0.39, 0.29) is 10.7 Å². The summed E-state index contributed by atoms with van der Waals surface area (Å²) in [5.41, 5.74) is 0. The highest BCUT2D eigenvalue weighted by Crippen LogP contribution is 1.99. The average molecular weight is 363 g/mol. The average Bonchev–Trinajstić information content (AvgIpc) is 2.32. The van der Waals surface area contributed by atoms with Crippen molar-refractivity contribution in [3.8, 4) is 0 Å². The Balaban J connectivity index is -0.0000000590. The Labute approximate surface area is 127 Å². The fraction of sp³-hybridized carbons (Fsp3) is 1.00. The quantitative estimate of drug-likeness (QED) is 0.729. The van der Waals surface area contributed by atoms with Crippen LogP contribution in [0.5, 0.6) is 0 Å². The number of halogens is 7. The highest BCUT2D eigenvalue weighted by Gasteiger charge is 1.95. The van der Waals surface area contributed by atoms with Crippen LogP contribution in [-0.4, -0.2) is 46.5 Å². The van der Waals surface area contributed by atoms with E-state index in [4.69, 9.17) is 86.3 Å². The van der Waals surface area contributed by atoms with Crippen molar-refractivity contribution >= 4 is 81.2 Å². The molecule has 0 spiro atoms. The molecule has 98 valence electrons. The van der Waals surface area contributed by atoms with Crippen LogP contribution in [0.25, 0.3) is 0 Å². The van der Waals surface area contributed by atoms with Gasteiger partial charge >= 0.3 is 0 Å². The molecule has 1 nitrogen and oxygen atoms in total. The summed E-state index contributed by atoms with van der Waals surface area (Å²) in [6.45, 7) is 0. The zero-order valence-corrected chi connectivity index (χ0v) is 13.5. The van der Waals surface area contributed by atoms with Crippen molar-refractivity contribution in [3.05, 3.63) is 0 Å². The first kappa shape index (κ1) is 25.7. The fourth-order valence-electron chi connectivity index (χ4n) is 0.0412. The Morgan fingerprint density at radius 3 is 1.00 bits per heavy atom. The topological polar surface area (TPSA) is 20.2 Å². The highest BCUT2D eigenvalue weighted by atomic mass is 35.5. The molecular formula is C7H15Cl7O. The summed E-state index contributed by atoms with van der Waals surface area (Å²) in [5.74, 6) is 1.99. The standard InChI is InChI=1S/C3H5Cl3.C2H4Cl2.CH2Cl2.CH4O/c4-1-3(6)2-5;3-1-2-4;2-1-3;1-2/h3H,1-2H2;1-2H2;1H2;2H,1H3. The molecule has 0 aliphatic heterocycles. The number of aliphatic hydroxyl groups excluding tert-OH is 1. The highest BCUT2D eigenvalue weighted by molar-refractivity contribution is 6.40. The van der Waals surface area contributed by atoms with Gasteiger partial charge in [-0.15, -0.1) is 81.2 Å². The third kappa shape index (κ3) is 64.1. The van der Waals surface area contributed by atoms with Crippen LogP contribution in [0.15, 0.2) is 0 Å². The van der Waals surface area contributed by atoms with Crippen LogP contribution in [0, 0.1) is 0 Å². The normalized spacial score (nSPS) is 7.60. The van der Waals surface area contributed by atoms with Crippen molar-refractivity contribution in [2.45, 2.75) is 5.38 Å². The van der Waals surface area contributed by atoms with Crippen LogP contribution >= 0.6 is 81.2 Å². The minimum Gasteiger partial charge on any atom is -0.400 e. The van der Waals surface area contributed by atoms with E-state index < -0.39 is 0 Å². The number of hydrogen-bond acceptors (Lipinski definition) is 1. The Morgan fingerprint density at radius 2 is 1.00 bits per heavy atom. The predicted molar refractivity (Wildman–Crippen MR) is 77.2 cm³/mol. The van der Waals surface area contributed by atoms with Gasteiger partial charge in [0.25, 0.3) is 0 Å². The molecule has 0 heterocycles. The van der Waals surface area contributed by atoms with Gasteiger partial charge in [0.2, 0.25) is 0 Å². The second-order valence-electron chi connectivity index (χ2n) is 1.38. The van der Waals surface area contributed by atoms with Crippen molar-refractivity contribution < 1.29 is 5.11 Å². The molecule has 0 bridgehead atoms. The Kier molecular flexibility index (Phi) is 61.8. The van der Waals surface area contributed by atoms with Crippen LogP contribution in [0.1, 0.15) is 0 Å². The van der Waals surface area contributed by atoms with E-state index in [0.717, 1.165) is 7.11 Å². The first-order valence-electron chi connectivity index (χ1n) is 3.59. The van der Waals surface area contributed by atoms with E-state index >= 15 is 0 Å². The van der Waals surface area contributed by atoms with Gasteiger partial charge in [-0.1, -0.05) is 0 Å². The van der Waals surface area contributed by atoms with Gasteiger partial charge in [-0.25, -0.2) is 0 Å². The summed E-state index contributed by atoms with van der Waals surface area (Å²) in [7, 11) is 1.00. The van der Waals surface area contributed by atoms with Gasteiger partial charge < -0.3 is 5.11 Å². The largest absolute Gasteiger partial charge is 0.400 e. The van der Waals surface area contributed by atoms with Gasteiger partial charge in [0.05, 0.1) is 10.7 Å². The SMILES string of the molecule is CO.ClCC(Cl)CCl.ClCCCl.ClCCl. The summed E-state index contributed by atoms with van der Waals surface area (Å²) in [5, 5.41) is 7.13. The smallest absolute Gasteiger partial charge is 0.0967 e. The third-order valence-electron chi connectivity index (χ3n) is 0.406. The van der Waals surface area contributed by atoms with E-state index in [1.165, 1.54) is 0 Å². The van der Waals surface area contributed by atoms with Gasteiger partial charge in [-0.05, 0) is 0 Å². The van der Waals surface area contributed by atoms with Crippen LogP contribution in [0.2, 0.25) is 0 Å². The van der Waals surface area contributed by atoms with Gasteiger partial charge in [0.15, 0.2) is 0 Å². The lowest BCUT2D eigenvalue weighted by Crippen LogP contribution is -1.99. The molecule has 0 aromatic heterocycles. The molecular weight excluding hydrogens is 348 g/mol.